The van der Waals surface area contributed by atoms with Crippen molar-refractivity contribution in [2.75, 3.05) is 6.61 Å². The monoisotopic (exact) mass is 551 g/mol. The third-order valence-electron chi connectivity index (χ3n) is 5.39. The van der Waals surface area contributed by atoms with Gasteiger partial charge in [-0.3, -0.25) is 14.5 Å². The quantitative estimate of drug-likeness (QED) is 0.275. The average Bonchev–Trinajstić information content (AvgIpc) is 3.06. The lowest BCUT2D eigenvalue weighted by atomic mass is 10.1. The lowest BCUT2D eigenvalue weighted by Gasteiger charge is -2.15. The largest absolute Gasteiger partial charge is 0.490 e. The Kier molecular flexibility index (Phi) is 7.98. The zero-order valence-corrected chi connectivity index (χ0v) is 22.2. The van der Waals surface area contributed by atoms with Crippen molar-refractivity contribution in [1.82, 2.24) is 4.90 Å². The standard InChI is InChI=1S/C28H26BrNO4S/c1-4-33-24-14-22(13-23(29)26(24)34-17-21-10-6-8-19(3)12-21)15-25-27(31)30(28(32)35-25)16-20-9-5-7-18(2)11-20/h5-15H,4,16-17H2,1-3H3/b25-15-. The van der Waals surface area contributed by atoms with E-state index in [1.165, 1.54) is 10.5 Å². The van der Waals surface area contributed by atoms with Gasteiger partial charge in [0, 0.05) is 0 Å². The van der Waals surface area contributed by atoms with E-state index >= 15 is 0 Å². The Morgan fingerprint density at radius 3 is 2.31 bits per heavy atom. The van der Waals surface area contributed by atoms with Crippen LogP contribution in [0.1, 0.15) is 34.7 Å². The van der Waals surface area contributed by atoms with Gasteiger partial charge in [-0.15, -0.1) is 0 Å². The topological polar surface area (TPSA) is 55.8 Å². The van der Waals surface area contributed by atoms with Gasteiger partial charge in [-0.05, 0) is 83.4 Å². The van der Waals surface area contributed by atoms with Crippen LogP contribution in [0, 0.1) is 13.8 Å². The first kappa shape index (κ1) is 25.1. The fraction of sp³-hybridized carbons (Fsp3) is 0.214. The van der Waals surface area contributed by atoms with Gasteiger partial charge >= 0.3 is 0 Å². The normalized spacial score (nSPS) is 14.6. The summed E-state index contributed by atoms with van der Waals surface area (Å²) in [5.41, 5.74) is 4.98. The van der Waals surface area contributed by atoms with Crippen LogP contribution in [0.4, 0.5) is 4.79 Å². The van der Waals surface area contributed by atoms with Crippen molar-refractivity contribution in [3.05, 3.63) is 97.9 Å². The summed E-state index contributed by atoms with van der Waals surface area (Å²) in [6.07, 6.45) is 1.72. The molecule has 5 nitrogen and oxygen atoms in total. The third kappa shape index (κ3) is 6.16. The molecule has 1 aliphatic heterocycles. The number of ether oxygens (including phenoxy) is 2. The van der Waals surface area contributed by atoms with Crippen LogP contribution in [-0.4, -0.2) is 22.7 Å². The summed E-state index contributed by atoms with van der Waals surface area (Å²) < 4.78 is 12.6. The lowest BCUT2D eigenvalue weighted by molar-refractivity contribution is -0.123. The molecule has 3 aromatic carbocycles. The summed E-state index contributed by atoms with van der Waals surface area (Å²) in [5.74, 6) is 0.869. The molecule has 0 radical (unpaired) electrons. The number of hydrogen-bond donors (Lipinski definition) is 0. The molecule has 3 aromatic rings. The van der Waals surface area contributed by atoms with Crippen molar-refractivity contribution in [3.63, 3.8) is 0 Å². The zero-order chi connectivity index (χ0) is 24.9. The van der Waals surface area contributed by atoms with Crippen LogP contribution in [0.5, 0.6) is 11.5 Å². The lowest BCUT2D eigenvalue weighted by Crippen LogP contribution is -2.27. The average molecular weight is 552 g/mol. The highest BCUT2D eigenvalue weighted by atomic mass is 79.9. The fourth-order valence-electron chi connectivity index (χ4n) is 3.81. The number of halogens is 1. The molecule has 0 unspecified atom stereocenters. The minimum atomic E-state index is -0.296. The third-order valence-corrected chi connectivity index (χ3v) is 6.89. The van der Waals surface area contributed by atoms with Crippen LogP contribution in [-0.2, 0) is 17.9 Å². The molecule has 1 aliphatic rings. The Morgan fingerprint density at radius 1 is 0.943 bits per heavy atom. The van der Waals surface area contributed by atoms with Gasteiger partial charge in [0.15, 0.2) is 11.5 Å². The van der Waals surface area contributed by atoms with Crippen molar-refractivity contribution >= 4 is 44.9 Å². The summed E-state index contributed by atoms with van der Waals surface area (Å²) in [6.45, 7) is 7.05. The summed E-state index contributed by atoms with van der Waals surface area (Å²) in [6, 6.07) is 19.6. The molecule has 1 saturated heterocycles. The molecule has 2 amide bonds. The molecular formula is C28H26BrNO4S. The summed E-state index contributed by atoms with van der Waals surface area (Å²) in [5, 5.41) is -0.273. The summed E-state index contributed by atoms with van der Waals surface area (Å²) >= 11 is 4.54. The van der Waals surface area contributed by atoms with E-state index in [9.17, 15) is 9.59 Å². The Hall–Kier alpha value is -3.03. The van der Waals surface area contributed by atoms with E-state index in [2.05, 4.69) is 22.0 Å². The molecule has 0 aromatic heterocycles. The van der Waals surface area contributed by atoms with Crippen LogP contribution >= 0.6 is 27.7 Å². The number of amides is 2. The highest BCUT2D eigenvalue weighted by Crippen LogP contribution is 2.40. The van der Waals surface area contributed by atoms with Crippen LogP contribution < -0.4 is 9.47 Å². The van der Waals surface area contributed by atoms with Gasteiger partial charge < -0.3 is 9.47 Å². The van der Waals surface area contributed by atoms with Crippen LogP contribution in [0.25, 0.3) is 6.08 Å². The second-order valence-electron chi connectivity index (χ2n) is 8.30. The van der Waals surface area contributed by atoms with Crippen molar-refractivity contribution in [3.8, 4) is 11.5 Å². The second kappa shape index (κ2) is 11.1. The molecule has 0 aliphatic carbocycles. The summed E-state index contributed by atoms with van der Waals surface area (Å²) in [4.78, 5) is 27.3. The number of hydrogen-bond acceptors (Lipinski definition) is 5. The number of thioether (sulfide) groups is 1. The highest BCUT2D eigenvalue weighted by Gasteiger charge is 2.35. The number of carbonyl (C=O) groups is 2. The van der Waals surface area contributed by atoms with Gasteiger partial charge in [-0.25, -0.2) is 0 Å². The van der Waals surface area contributed by atoms with Crippen molar-refractivity contribution in [2.45, 2.75) is 33.9 Å². The molecule has 1 fully saturated rings. The predicted molar refractivity (Wildman–Crippen MR) is 144 cm³/mol. The number of carbonyl (C=O) groups excluding carboxylic acids is 2. The first-order valence-corrected chi connectivity index (χ1v) is 12.9. The fourth-order valence-corrected chi connectivity index (χ4v) is 5.22. The molecule has 0 atom stereocenters. The predicted octanol–water partition coefficient (Wildman–Crippen LogP) is 7.28. The molecule has 1 heterocycles. The highest BCUT2D eigenvalue weighted by molar-refractivity contribution is 9.10. The molecule has 0 bridgehead atoms. The van der Waals surface area contributed by atoms with Gasteiger partial charge in [0.2, 0.25) is 0 Å². The van der Waals surface area contributed by atoms with Gasteiger partial charge in [0.05, 0.1) is 22.5 Å². The van der Waals surface area contributed by atoms with E-state index in [1.54, 1.807) is 6.08 Å². The number of rotatable bonds is 8. The molecule has 4 rings (SSSR count). The summed E-state index contributed by atoms with van der Waals surface area (Å²) in [7, 11) is 0. The molecular weight excluding hydrogens is 526 g/mol. The van der Waals surface area contributed by atoms with Crippen LogP contribution in [0.15, 0.2) is 70.0 Å². The molecule has 0 saturated carbocycles. The molecule has 0 N–H and O–H groups in total. The maximum atomic E-state index is 13.0. The SMILES string of the molecule is CCOc1cc(/C=C2\SC(=O)N(Cc3cccc(C)c3)C2=O)cc(Br)c1OCc1cccc(C)c1. The molecule has 0 spiro atoms. The first-order valence-electron chi connectivity index (χ1n) is 11.3. The minimum absolute atomic E-state index is 0.253. The van der Waals surface area contributed by atoms with E-state index in [-0.39, 0.29) is 17.7 Å². The van der Waals surface area contributed by atoms with E-state index in [0.717, 1.165) is 34.0 Å². The van der Waals surface area contributed by atoms with Crippen molar-refractivity contribution in [2.24, 2.45) is 0 Å². The van der Waals surface area contributed by atoms with Crippen LogP contribution in [0.3, 0.4) is 0 Å². The number of aryl methyl sites for hydroxylation is 2. The second-order valence-corrected chi connectivity index (χ2v) is 10.1. The van der Waals surface area contributed by atoms with Crippen molar-refractivity contribution < 1.29 is 19.1 Å². The molecule has 180 valence electrons. The Labute approximate surface area is 218 Å². The minimum Gasteiger partial charge on any atom is -0.490 e. The van der Waals surface area contributed by atoms with Gasteiger partial charge in [-0.2, -0.15) is 0 Å². The number of nitrogens with zero attached hydrogens (tertiary/aromatic N) is 1. The Bertz CT molecular complexity index is 1300. The Morgan fingerprint density at radius 2 is 1.63 bits per heavy atom. The Balaban J connectivity index is 1.55. The smallest absolute Gasteiger partial charge is 0.293 e. The van der Waals surface area contributed by atoms with E-state index < -0.39 is 0 Å². The van der Waals surface area contributed by atoms with Gasteiger partial charge in [0.25, 0.3) is 11.1 Å². The number of benzene rings is 3. The first-order chi connectivity index (χ1) is 16.8. The van der Waals surface area contributed by atoms with E-state index in [0.29, 0.717) is 34.1 Å². The zero-order valence-electron chi connectivity index (χ0n) is 19.8. The maximum Gasteiger partial charge on any atom is 0.293 e. The van der Waals surface area contributed by atoms with Crippen LogP contribution in [0.2, 0.25) is 0 Å². The molecule has 35 heavy (non-hydrogen) atoms. The number of imide groups is 1. The molecule has 7 heteroatoms. The van der Waals surface area contributed by atoms with E-state index in [1.807, 2.05) is 75.4 Å². The van der Waals surface area contributed by atoms with E-state index in [4.69, 9.17) is 9.47 Å². The van der Waals surface area contributed by atoms with Crippen molar-refractivity contribution in [1.29, 1.82) is 0 Å². The van der Waals surface area contributed by atoms with Gasteiger partial charge in [0.1, 0.15) is 6.61 Å². The van der Waals surface area contributed by atoms with Gasteiger partial charge in [-0.1, -0.05) is 59.7 Å². The maximum absolute atomic E-state index is 13.0.